The summed E-state index contributed by atoms with van der Waals surface area (Å²) in [6.07, 6.45) is 3.59. The molecular formula is C11H15NO2. The van der Waals surface area contributed by atoms with Crippen LogP contribution in [0.3, 0.4) is 0 Å². The van der Waals surface area contributed by atoms with Crippen LogP contribution in [-0.2, 0) is 0 Å². The Balaban J connectivity index is 2.46. The standard InChI is InChI=1S/C11H15NO2/c1-2-3-8-14-11-6-4-10(5-7-11)9-12-13/h4-7,9,13H,2-3,8H2,1H3/b12-9-. The zero-order chi connectivity index (χ0) is 10.2. The van der Waals surface area contributed by atoms with E-state index in [-0.39, 0.29) is 0 Å². The Kier molecular flexibility index (Phi) is 4.55. The van der Waals surface area contributed by atoms with Gasteiger partial charge in [0.05, 0.1) is 12.8 Å². The molecule has 0 aliphatic heterocycles. The van der Waals surface area contributed by atoms with E-state index in [4.69, 9.17) is 9.94 Å². The lowest BCUT2D eigenvalue weighted by Crippen LogP contribution is -1.96. The fraction of sp³-hybridized carbons (Fsp3) is 0.364. The lowest BCUT2D eigenvalue weighted by atomic mass is 10.2. The maximum absolute atomic E-state index is 8.30. The van der Waals surface area contributed by atoms with E-state index in [0.29, 0.717) is 0 Å². The van der Waals surface area contributed by atoms with Crippen molar-refractivity contribution in [2.45, 2.75) is 19.8 Å². The summed E-state index contributed by atoms with van der Waals surface area (Å²) in [5.41, 5.74) is 0.857. The van der Waals surface area contributed by atoms with Gasteiger partial charge in [-0.25, -0.2) is 0 Å². The van der Waals surface area contributed by atoms with Crippen LogP contribution in [0.2, 0.25) is 0 Å². The van der Waals surface area contributed by atoms with Gasteiger partial charge in [-0.2, -0.15) is 0 Å². The molecule has 0 saturated carbocycles. The molecule has 0 aliphatic carbocycles. The average Bonchev–Trinajstić information content (AvgIpc) is 2.21. The van der Waals surface area contributed by atoms with E-state index in [9.17, 15) is 0 Å². The lowest BCUT2D eigenvalue weighted by molar-refractivity contribution is 0.309. The van der Waals surface area contributed by atoms with E-state index in [1.807, 2.05) is 24.3 Å². The first-order chi connectivity index (χ1) is 6.86. The van der Waals surface area contributed by atoms with Crippen molar-refractivity contribution in [2.24, 2.45) is 5.16 Å². The summed E-state index contributed by atoms with van der Waals surface area (Å²) in [5, 5.41) is 11.2. The summed E-state index contributed by atoms with van der Waals surface area (Å²) in [6.45, 7) is 2.88. The molecule has 0 heterocycles. The Hall–Kier alpha value is -1.51. The van der Waals surface area contributed by atoms with Gasteiger partial charge in [0, 0.05) is 0 Å². The molecule has 3 nitrogen and oxygen atoms in total. The van der Waals surface area contributed by atoms with Crippen LogP contribution < -0.4 is 4.74 Å². The maximum atomic E-state index is 8.30. The smallest absolute Gasteiger partial charge is 0.119 e. The van der Waals surface area contributed by atoms with Crippen molar-refractivity contribution >= 4 is 6.21 Å². The first-order valence-corrected chi connectivity index (χ1v) is 4.77. The number of oxime groups is 1. The Morgan fingerprint density at radius 3 is 2.64 bits per heavy atom. The van der Waals surface area contributed by atoms with E-state index in [2.05, 4.69) is 12.1 Å². The molecule has 3 heteroatoms. The molecular weight excluding hydrogens is 178 g/mol. The zero-order valence-corrected chi connectivity index (χ0v) is 8.31. The van der Waals surface area contributed by atoms with Crippen molar-refractivity contribution < 1.29 is 9.94 Å². The molecule has 1 N–H and O–H groups in total. The Morgan fingerprint density at radius 1 is 1.36 bits per heavy atom. The second-order valence-electron chi connectivity index (χ2n) is 3.02. The number of benzene rings is 1. The van der Waals surface area contributed by atoms with Crippen LogP contribution in [0.25, 0.3) is 0 Å². The molecule has 0 atom stereocenters. The van der Waals surface area contributed by atoms with Crippen molar-refractivity contribution in [1.82, 2.24) is 0 Å². The number of hydrogen-bond acceptors (Lipinski definition) is 3. The molecule has 1 aromatic carbocycles. The Labute approximate surface area is 84.0 Å². The van der Waals surface area contributed by atoms with E-state index >= 15 is 0 Å². The van der Waals surface area contributed by atoms with E-state index in [0.717, 1.165) is 30.8 Å². The number of rotatable bonds is 5. The van der Waals surface area contributed by atoms with Crippen molar-refractivity contribution in [2.75, 3.05) is 6.61 Å². The highest BCUT2D eigenvalue weighted by Crippen LogP contribution is 2.11. The number of nitrogens with zero attached hydrogens (tertiary/aromatic N) is 1. The van der Waals surface area contributed by atoms with Gasteiger partial charge in [-0.15, -0.1) is 0 Å². The summed E-state index contributed by atoms with van der Waals surface area (Å²) >= 11 is 0. The highest BCUT2D eigenvalue weighted by molar-refractivity contribution is 5.79. The lowest BCUT2D eigenvalue weighted by Gasteiger charge is -2.04. The molecule has 14 heavy (non-hydrogen) atoms. The number of ether oxygens (including phenoxy) is 1. The molecule has 0 spiro atoms. The second kappa shape index (κ2) is 6.02. The molecule has 1 aromatic rings. The van der Waals surface area contributed by atoms with Crippen LogP contribution in [0, 0.1) is 0 Å². The summed E-state index contributed by atoms with van der Waals surface area (Å²) in [7, 11) is 0. The van der Waals surface area contributed by atoms with Gasteiger partial charge in [-0.05, 0) is 36.2 Å². The van der Waals surface area contributed by atoms with Crippen LogP contribution in [0.15, 0.2) is 29.4 Å². The third kappa shape index (κ3) is 3.47. The third-order valence-electron chi connectivity index (χ3n) is 1.85. The van der Waals surface area contributed by atoms with Gasteiger partial charge in [0.2, 0.25) is 0 Å². The predicted octanol–water partition coefficient (Wildman–Crippen LogP) is 2.67. The minimum atomic E-state index is 0.754. The van der Waals surface area contributed by atoms with Gasteiger partial charge in [0.15, 0.2) is 0 Å². The Morgan fingerprint density at radius 2 is 2.07 bits per heavy atom. The van der Waals surface area contributed by atoms with Crippen molar-refractivity contribution in [3.05, 3.63) is 29.8 Å². The molecule has 0 amide bonds. The van der Waals surface area contributed by atoms with Crippen LogP contribution in [0.5, 0.6) is 5.75 Å². The molecule has 0 aromatic heterocycles. The highest BCUT2D eigenvalue weighted by Gasteiger charge is 1.93. The number of hydrogen-bond donors (Lipinski definition) is 1. The summed E-state index contributed by atoms with van der Waals surface area (Å²) in [5.74, 6) is 0.855. The SMILES string of the molecule is CCCCOc1ccc(/C=N\O)cc1. The van der Waals surface area contributed by atoms with Crippen LogP contribution in [-0.4, -0.2) is 18.0 Å². The maximum Gasteiger partial charge on any atom is 0.119 e. The first-order valence-electron chi connectivity index (χ1n) is 4.77. The molecule has 0 radical (unpaired) electrons. The van der Waals surface area contributed by atoms with E-state index in [1.165, 1.54) is 6.21 Å². The fourth-order valence-corrected chi connectivity index (χ4v) is 1.05. The summed E-state index contributed by atoms with van der Waals surface area (Å²) in [4.78, 5) is 0. The molecule has 1 rings (SSSR count). The van der Waals surface area contributed by atoms with E-state index < -0.39 is 0 Å². The summed E-state index contributed by atoms with van der Waals surface area (Å²) in [6, 6.07) is 7.43. The van der Waals surface area contributed by atoms with Gasteiger partial charge in [0.25, 0.3) is 0 Å². The minimum absolute atomic E-state index is 0.754. The van der Waals surface area contributed by atoms with Gasteiger partial charge < -0.3 is 9.94 Å². The molecule has 76 valence electrons. The topological polar surface area (TPSA) is 41.8 Å². The fourth-order valence-electron chi connectivity index (χ4n) is 1.05. The third-order valence-corrected chi connectivity index (χ3v) is 1.85. The minimum Gasteiger partial charge on any atom is -0.494 e. The Bertz CT molecular complexity index is 280. The normalized spacial score (nSPS) is 10.6. The van der Waals surface area contributed by atoms with Gasteiger partial charge in [-0.1, -0.05) is 18.5 Å². The van der Waals surface area contributed by atoms with Crippen molar-refractivity contribution in [1.29, 1.82) is 0 Å². The number of unbranched alkanes of at least 4 members (excludes halogenated alkanes) is 1. The van der Waals surface area contributed by atoms with Crippen molar-refractivity contribution in [3.8, 4) is 5.75 Å². The van der Waals surface area contributed by atoms with E-state index in [1.54, 1.807) is 0 Å². The van der Waals surface area contributed by atoms with Crippen molar-refractivity contribution in [3.63, 3.8) is 0 Å². The predicted molar refractivity (Wildman–Crippen MR) is 56.2 cm³/mol. The zero-order valence-electron chi connectivity index (χ0n) is 8.31. The van der Waals surface area contributed by atoms with Gasteiger partial charge in [-0.3, -0.25) is 0 Å². The largest absolute Gasteiger partial charge is 0.494 e. The first kappa shape index (κ1) is 10.6. The molecule has 0 aliphatic rings. The van der Waals surface area contributed by atoms with Gasteiger partial charge in [0.1, 0.15) is 5.75 Å². The molecule has 0 bridgehead atoms. The quantitative estimate of drug-likeness (QED) is 0.338. The molecule has 0 saturated heterocycles. The molecule has 0 fully saturated rings. The van der Waals surface area contributed by atoms with Crippen LogP contribution >= 0.6 is 0 Å². The summed E-state index contributed by atoms with van der Waals surface area (Å²) < 4.78 is 5.47. The molecule has 0 unspecified atom stereocenters. The van der Waals surface area contributed by atoms with Crippen LogP contribution in [0.1, 0.15) is 25.3 Å². The van der Waals surface area contributed by atoms with Crippen LogP contribution in [0.4, 0.5) is 0 Å². The highest BCUT2D eigenvalue weighted by atomic mass is 16.5. The monoisotopic (exact) mass is 193 g/mol. The average molecular weight is 193 g/mol. The van der Waals surface area contributed by atoms with Gasteiger partial charge >= 0.3 is 0 Å². The second-order valence-corrected chi connectivity index (χ2v) is 3.02.